The van der Waals surface area contributed by atoms with Gasteiger partial charge in [0.25, 0.3) is 5.69 Å². The molecule has 0 bridgehead atoms. The van der Waals surface area contributed by atoms with Gasteiger partial charge in [0.2, 0.25) is 0 Å². The summed E-state index contributed by atoms with van der Waals surface area (Å²) in [5, 5.41) is 17.4. The molecule has 0 aliphatic carbocycles. The molecule has 0 saturated carbocycles. The molecule has 0 spiro atoms. The SMILES string of the molecule is Cc1ccc(C=Nc2ccc(Nc3ccc(Nc4ccc([N+](=O)[O-])cc4)cc3)cc2)cc1. The molecule has 6 heteroatoms. The number of aliphatic imine (C=N–C) groups is 1. The first kappa shape index (κ1) is 20.8. The van der Waals surface area contributed by atoms with Gasteiger partial charge in [0.15, 0.2) is 0 Å². The van der Waals surface area contributed by atoms with Crippen LogP contribution >= 0.6 is 0 Å². The van der Waals surface area contributed by atoms with E-state index in [-0.39, 0.29) is 5.69 Å². The molecule has 0 fully saturated rings. The highest BCUT2D eigenvalue weighted by Crippen LogP contribution is 2.24. The van der Waals surface area contributed by atoms with Crippen molar-refractivity contribution in [3.8, 4) is 0 Å². The van der Waals surface area contributed by atoms with E-state index in [1.807, 2.05) is 54.7 Å². The van der Waals surface area contributed by atoms with Gasteiger partial charge in [0, 0.05) is 41.1 Å². The third kappa shape index (κ3) is 5.58. The highest BCUT2D eigenvalue weighted by Gasteiger charge is 2.04. The molecular weight excluding hydrogens is 400 g/mol. The van der Waals surface area contributed by atoms with Crippen molar-refractivity contribution in [1.82, 2.24) is 0 Å². The Morgan fingerprint density at radius 1 is 0.688 bits per heavy atom. The summed E-state index contributed by atoms with van der Waals surface area (Å²) >= 11 is 0. The number of nitrogens with one attached hydrogen (secondary N) is 2. The maximum Gasteiger partial charge on any atom is 0.269 e. The van der Waals surface area contributed by atoms with Gasteiger partial charge in [-0.1, -0.05) is 29.8 Å². The Kier molecular flexibility index (Phi) is 6.22. The zero-order chi connectivity index (χ0) is 22.3. The minimum absolute atomic E-state index is 0.0713. The summed E-state index contributed by atoms with van der Waals surface area (Å²) in [6, 6.07) is 30.3. The van der Waals surface area contributed by atoms with Crippen LogP contribution in [-0.2, 0) is 0 Å². The summed E-state index contributed by atoms with van der Waals surface area (Å²) in [7, 11) is 0. The van der Waals surface area contributed by atoms with Crippen molar-refractivity contribution in [3.63, 3.8) is 0 Å². The van der Waals surface area contributed by atoms with Crippen molar-refractivity contribution in [3.05, 3.63) is 118 Å². The number of nitrogens with zero attached hydrogens (tertiary/aromatic N) is 2. The molecule has 0 aromatic heterocycles. The quantitative estimate of drug-likeness (QED) is 0.188. The third-order valence-corrected chi connectivity index (χ3v) is 4.85. The van der Waals surface area contributed by atoms with E-state index in [4.69, 9.17) is 0 Å². The van der Waals surface area contributed by atoms with E-state index in [1.54, 1.807) is 12.1 Å². The lowest BCUT2D eigenvalue weighted by atomic mass is 10.2. The van der Waals surface area contributed by atoms with Crippen LogP contribution < -0.4 is 10.6 Å². The second-order valence-electron chi connectivity index (χ2n) is 7.35. The topological polar surface area (TPSA) is 79.6 Å². The average Bonchev–Trinajstić information content (AvgIpc) is 2.81. The molecule has 6 nitrogen and oxygen atoms in total. The molecule has 2 N–H and O–H groups in total. The van der Waals surface area contributed by atoms with Crippen molar-refractivity contribution < 1.29 is 4.92 Å². The van der Waals surface area contributed by atoms with Gasteiger partial charge in [0.05, 0.1) is 10.6 Å². The molecule has 32 heavy (non-hydrogen) atoms. The van der Waals surface area contributed by atoms with Crippen LogP contribution in [0, 0.1) is 17.0 Å². The first-order valence-corrected chi connectivity index (χ1v) is 10.1. The monoisotopic (exact) mass is 422 g/mol. The number of aryl methyl sites for hydroxylation is 1. The Labute approximate surface area is 186 Å². The number of rotatable bonds is 7. The molecule has 0 heterocycles. The van der Waals surface area contributed by atoms with Crippen LogP contribution in [0.2, 0.25) is 0 Å². The van der Waals surface area contributed by atoms with Crippen LogP contribution in [0.5, 0.6) is 0 Å². The van der Waals surface area contributed by atoms with Crippen LogP contribution in [0.15, 0.2) is 102 Å². The Bertz CT molecular complexity index is 1220. The fourth-order valence-corrected chi connectivity index (χ4v) is 3.07. The Hall–Kier alpha value is -4.45. The molecule has 0 saturated heterocycles. The Balaban J connectivity index is 1.34. The molecule has 4 rings (SSSR count). The molecule has 0 aliphatic heterocycles. The third-order valence-electron chi connectivity index (χ3n) is 4.85. The lowest BCUT2D eigenvalue weighted by molar-refractivity contribution is -0.384. The largest absolute Gasteiger partial charge is 0.356 e. The molecule has 158 valence electrons. The molecule has 0 amide bonds. The zero-order valence-electron chi connectivity index (χ0n) is 17.5. The first-order valence-electron chi connectivity index (χ1n) is 10.1. The smallest absolute Gasteiger partial charge is 0.269 e. The van der Waals surface area contributed by atoms with E-state index >= 15 is 0 Å². The normalized spacial score (nSPS) is 10.8. The van der Waals surface area contributed by atoms with Crippen molar-refractivity contribution in [2.75, 3.05) is 10.6 Å². The molecule has 0 atom stereocenters. The number of nitro benzene ring substituents is 1. The highest BCUT2D eigenvalue weighted by atomic mass is 16.6. The molecule has 0 aliphatic rings. The number of nitro groups is 1. The van der Waals surface area contributed by atoms with Crippen molar-refractivity contribution in [1.29, 1.82) is 0 Å². The van der Waals surface area contributed by atoms with Gasteiger partial charge in [-0.25, -0.2) is 0 Å². The van der Waals surface area contributed by atoms with E-state index in [0.29, 0.717) is 0 Å². The van der Waals surface area contributed by atoms with Gasteiger partial charge < -0.3 is 10.6 Å². The van der Waals surface area contributed by atoms with Gasteiger partial charge in [-0.05, 0) is 73.2 Å². The van der Waals surface area contributed by atoms with E-state index in [0.717, 1.165) is 34.0 Å². The second-order valence-corrected chi connectivity index (χ2v) is 7.35. The summed E-state index contributed by atoms with van der Waals surface area (Å²) in [6.45, 7) is 2.07. The number of anilines is 4. The summed E-state index contributed by atoms with van der Waals surface area (Å²) in [5.74, 6) is 0. The summed E-state index contributed by atoms with van der Waals surface area (Å²) < 4.78 is 0. The van der Waals surface area contributed by atoms with Crippen LogP contribution in [0.25, 0.3) is 0 Å². The molecule has 0 radical (unpaired) electrons. The van der Waals surface area contributed by atoms with Gasteiger partial charge in [-0.3, -0.25) is 15.1 Å². The Morgan fingerprint density at radius 3 is 1.59 bits per heavy atom. The van der Waals surface area contributed by atoms with Crippen LogP contribution in [0.4, 0.5) is 34.1 Å². The van der Waals surface area contributed by atoms with Gasteiger partial charge >= 0.3 is 0 Å². The van der Waals surface area contributed by atoms with E-state index in [9.17, 15) is 10.1 Å². The molecule has 4 aromatic rings. The summed E-state index contributed by atoms with van der Waals surface area (Å²) in [6.07, 6.45) is 1.86. The molecular formula is C26H22N4O2. The predicted octanol–water partition coefficient (Wildman–Crippen LogP) is 7.14. The average molecular weight is 422 g/mol. The predicted molar refractivity (Wildman–Crippen MR) is 131 cm³/mol. The van der Waals surface area contributed by atoms with E-state index in [2.05, 4.69) is 46.8 Å². The van der Waals surface area contributed by atoms with E-state index < -0.39 is 4.92 Å². The van der Waals surface area contributed by atoms with Gasteiger partial charge in [0.1, 0.15) is 0 Å². The number of benzene rings is 4. The Morgan fingerprint density at radius 2 is 1.12 bits per heavy atom. The molecule has 4 aromatic carbocycles. The lowest BCUT2D eigenvalue weighted by Crippen LogP contribution is -1.93. The van der Waals surface area contributed by atoms with E-state index in [1.165, 1.54) is 17.7 Å². The lowest BCUT2D eigenvalue weighted by Gasteiger charge is -2.09. The summed E-state index contributed by atoms with van der Waals surface area (Å²) in [5.41, 5.74) is 6.86. The minimum atomic E-state index is -0.410. The second kappa shape index (κ2) is 9.57. The molecule has 0 unspecified atom stereocenters. The fraction of sp³-hybridized carbons (Fsp3) is 0.0385. The van der Waals surface area contributed by atoms with Crippen LogP contribution in [0.1, 0.15) is 11.1 Å². The number of hydrogen-bond donors (Lipinski definition) is 2. The van der Waals surface area contributed by atoms with Crippen molar-refractivity contribution >= 4 is 40.3 Å². The first-order chi connectivity index (χ1) is 15.5. The maximum atomic E-state index is 10.7. The van der Waals surface area contributed by atoms with Crippen molar-refractivity contribution in [2.45, 2.75) is 6.92 Å². The van der Waals surface area contributed by atoms with Gasteiger partial charge in [-0.2, -0.15) is 0 Å². The van der Waals surface area contributed by atoms with Crippen LogP contribution in [-0.4, -0.2) is 11.1 Å². The zero-order valence-corrected chi connectivity index (χ0v) is 17.5. The minimum Gasteiger partial charge on any atom is -0.356 e. The highest BCUT2D eigenvalue weighted by molar-refractivity contribution is 5.82. The number of non-ortho nitro benzene ring substituents is 1. The van der Waals surface area contributed by atoms with Crippen LogP contribution in [0.3, 0.4) is 0 Å². The standard InChI is InChI=1S/C26H22N4O2/c1-19-2-4-20(5-3-19)18-27-21-6-8-22(9-7-21)28-23-10-12-24(13-11-23)29-25-14-16-26(17-15-25)30(31)32/h2-18,28-29H,1H3. The van der Waals surface area contributed by atoms with Gasteiger partial charge in [-0.15, -0.1) is 0 Å². The summed E-state index contributed by atoms with van der Waals surface area (Å²) in [4.78, 5) is 14.9. The van der Waals surface area contributed by atoms with Crippen molar-refractivity contribution in [2.24, 2.45) is 4.99 Å². The number of hydrogen-bond acceptors (Lipinski definition) is 5. The maximum absolute atomic E-state index is 10.7. The fourth-order valence-electron chi connectivity index (χ4n) is 3.07.